The lowest BCUT2D eigenvalue weighted by molar-refractivity contribution is 0.0300. The summed E-state index contributed by atoms with van der Waals surface area (Å²) in [5.74, 6) is 0.664. The van der Waals surface area contributed by atoms with Gasteiger partial charge in [-0.3, -0.25) is 4.79 Å². The molecule has 0 radical (unpaired) electrons. The molecule has 0 aromatic heterocycles. The molecule has 104 valence electrons. The number of hydrogen-bond acceptors (Lipinski definition) is 3. The van der Waals surface area contributed by atoms with Gasteiger partial charge in [0.15, 0.2) is 0 Å². The topological polar surface area (TPSA) is 38.8 Å². The Kier molecular flexibility index (Phi) is 5.22. The summed E-state index contributed by atoms with van der Waals surface area (Å²) in [5, 5.41) is 0. The number of nitrogens with zero attached hydrogens (tertiary/aromatic N) is 1. The highest BCUT2D eigenvalue weighted by atomic mass is 79.9. The van der Waals surface area contributed by atoms with Crippen molar-refractivity contribution < 1.29 is 14.3 Å². The number of hydrogen-bond donors (Lipinski definition) is 0. The van der Waals surface area contributed by atoms with Gasteiger partial charge >= 0.3 is 0 Å². The molecule has 0 bridgehead atoms. The minimum absolute atomic E-state index is 0.00991. The van der Waals surface area contributed by atoms with E-state index in [0.29, 0.717) is 44.2 Å². The maximum Gasteiger partial charge on any atom is 0.257 e. The standard InChI is InChI=1S/C14H18BrNO3/c1-2-7-19-13-4-3-11(15)10-12(13)14(17)16-5-8-18-9-6-16/h3-4,10H,2,5-9H2,1H3. The van der Waals surface area contributed by atoms with E-state index in [1.165, 1.54) is 0 Å². The number of carbonyl (C=O) groups is 1. The number of ether oxygens (including phenoxy) is 2. The highest BCUT2D eigenvalue weighted by Crippen LogP contribution is 2.25. The lowest BCUT2D eigenvalue weighted by Gasteiger charge is -2.27. The third-order valence-electron chi connectivity index (χ3n) is 2.93. The zero-order valence-corrected chi connectivity index (χ0v) is 12.6. The molecule has 0 N–H and O–H groups in total. The summed E-state index contributed by atoms with van der Waals surface area (Å²) >= 11 is 3.41. The molecule has 1 heterocycles. The maximum atomic E-state index is 12.5. The molecule has 1 fully saturated rings. The summed E-state index contributed by atoms with van der Waals surface area (Å²) in [5.41, 5.74) is 0.615. The second kappa shape index (κ2) is 6.91. The maximum absolute atomic E-state index is 12.5. The number of morpholine rings is 1. The van der Waals surface area contributed by atoms with Gasteiger partial charge in [-0.15, -0.1) is 0 Å². The number of halogens is 1. The first-order chi connectivity index (χ1) is 9.22. The molecule has 2 rings (SSSR count). The van der Waals surface area contributed by atoms with E-state index in [2.05, 4.69) is 15.9 Å². The van der Waals surface area contributed by atoms with Crippen LogP contribution < -0.4 is 4.74 Å². The zero-order valence-electron chi connectivity index (χ0n) is 11.0. The van der Waals surface area contributed by atoms with Gasteiger partial charge in [0, 0.05) is 17.6 Å². The lowest BCUT2D eigenvalue weighted by atomic mass is 10.1. The van der Waals surface area contributed by atoms with E-state index in [1.807, 2.05) is 30.0 Å². The van der Waals surface area contributed by atoms with Crippen molar-refractivity contribution in [3.05, 3.63) is 28.2 Å². The van der Waals surface area contributed by atoms with Crippen molar-refractivity contribution in [1.29, 1.82) is 0 Å². The minimum atomic E-state index is 0.00991. The highest BCUT2D eigenvalue weighted by Gasteiger charge is 2.22. The van der Waals surface area contributed by atoms with Gasteiger partial charge in [-0.25, -0.2) is 0 Å². The van der Waals surface area contributed by atoms with Crippen molar-refractivity contribution in [2.45, 2.75) is 13.3 Å². The van der Waals surface area contributed by atoms with E-state index in [1.54, 1.807) is 0 Å². The van der Waals surface area contributed by atoms with Crippen LogP contribution in [0.5, 0.6) is 5.75 Å². The van der Waals surface area contributed by atoms with Gasteiger partial charge in [0.05, 0.1) is 25.4 Å². The first-order valence-corrected chi connectivity index (χ1v) is 7.31. The molecule has 1 aliphatic heterocycles. The summed E-state index contributed by atoms with van der Waals surface area (Å²) in [4.78, 5) is 14.3. The van der Waals surface area contributed by atoms with Crippen LogP contribution in [0.3, 0.4) is 0 Å². The van der Waals surface area contributed by atoms with Crippen LogP contribution in [0, 0.1) is 0 Å². The first kappa shape index (κ1) is 14.3. The Morgan fingerprint density at radius 3 is 2.84 bits per heavy atom. The van der Waals surface area contributed by atoms with E-state index < -0.39 is 0 Å². The molecule has 1 saturated heterocycles. The SMILES string of the molecule is CCCOc1ccc(Br)cc1C(=O)N1CCOCC1. The molecule has 0 unspecified atom stereocenters. The molecule has 0 atom stereocenters. The van der Waals surface area contributed by atoms with Gasteiger partial charge in [0.25, 0.3) is 5.91 Å². The van der Waals surface area contributed by atoms with Crippen molar-refractivity contribution >= 4 is 21.8 Å². The minimum Gasteiger partial charge on any atom is -0.493 e. The summed E-state index contributed by atoms with van der Waals surface area (Å²) in [6.07, 6.45) is 0.918. The second-order valence-corrected chi connectivity index (χ2v) is 5.31. The quantitative estimate of drug-likeness (QED) is 0.853. The Hall–Kier alpha value is -1.07. The monoisotopic (exact) mass is 327 g/mol. The zero-order chi connectivity index (χ0) is 13.7. The van der Waals surface area contributed by atoms with Crippen LogP contribution in [0.2, 0.25) is 0 Å². The van der Waals surface area contributed by atoms with Gasteiger partial charge in [-0.05, 0) is 24.6 Å². The third-order valence-corrected chi connectivity index (χ3v) is 3.43. The van der Waals surface area contributed by atoms with Crippen molar-refractivity contribution in [2.24, 2.45) is 0 Å². The van der Waals surface area contributed by atoms with Crippen LogP contribution in [0.15, 0.2) is 22.7 Å². The highest BCUT2D eigenvalue weighted by molar-refractivity contribution is 9.10. The fourth-order valence-electron chi connectivity index (χ4n) is 1.94. The van der Waals surface area contributed by atoms with Crippen LogP contribution >= 0.6 is 15.9 Å². The summed E-state index contributed by atoms with van der Waals surface area (Å²) < 4.78 is 11.8. The normalized spacial score (nSPS) is 15.4. The van der Waals surface area contributed by atoms with Crippen molar-refractivity contribution in [2.75, 3.05) is 32.9 Å². The fourth-order valence-corrected chi connectivity index (χ4v) is 2.31. The van der Waals surface area contributed by atoms with Crippen LogP contribution in [0.1, 0.15) is 23.7 Å². The molecular weight excluding hydrogens is 310 g/mol. The van der Waals surface area contributed by atoms with Gasteiger partial charge in [0.1, 0.15) is 5.75 Å². The molecule has 1 amide bonds. The Morgan fingerprint density at radius 2 is 2.16 bits per heavy atom. The van der Waals surface area contributed by atoms with Crippen LogP contribution in [0.25, 0.3) is 0 Å². The Labute approximate surface area is 121 Å². The lowest BCUT2D eigenvalue weighted by Crippen LogP contribution is -2.40. The smallest absolute Gasteiger partial charge is 0.257 e. The van der Waals surface area contributed by atoms with Crippen molar-refractivity contribution in [3.8, 4) is 5.75 Å². The van der Waals surface area contributed by atoms with E-state index in [0.717, 1.165) is 10.9 Å². The van der Waals surface area contributed by atoms with Crippen LogP contribution in [0.4, 0.5) is 0 Å². The van der Waals surface area contributed by atoms with Crippen LogP contribution in [-0.2, 0) is 4.74 Å². The average Bonchev–Trinajstić information content (AvgIpc) is 2.46. The molecule has 1 aromatic carbocycles. The summed E-state index contributed by atoms with van der Waals surface area (Å²) in [7, 11) is 0. The van der Waals surface area contributed by atoms with Crippen molar-refractivity contribution in [1.82, 2.24) is 4.90 Å². The molecular formula is C14H18BrNO3. The molecule has 1 aromatic rings. The Bertz CT molecular complexity index is 444. The molecule has 0 aliphatic carbocycles. The Balaban J connectivity index is 2.20. The Morgan fingerprint density at radius 1 is 1.42 bits per heavy atom. The largest absolute Gasteiger partial charge is 0.493 e. The molecule has 19 heavy (non-hydrogen) atoms. The van der Waals surface area contributed by atoms with Crippen LogP contribution in [-0.4, -0.2) is 43.7 Å². The molecule has 5 heteroatoms. The number of carbonyl (C=O) groups excluding carboxylic acids is 1. The number of benzene rings is 1. The van der Waals surface area contributed by atoms with E-state index >= 15 is 0 Å². The van der Waals surface area contributed by atoms with E-state index in [-0.39, 0.29) is 5.91 Å². The van der Waals surface area contributed by atoms with Gasteiger partial charge in [-0.1, -0.05) is 22.9 Å². The third kappa shape index (κ3) is 3.70. The molecule has 1 aliphatic rings. The van der Waals surface area contributed by atoms with Gasteiger partial charge in [0.2, 0.25) is 0 Å². The fraction of sp³-hybridized carbons (Fsp3) is 0.500. The first-order valence-electron chi connectivity index (χ1n) is 6.51. The van der Waals surface area contributed by atoms with E-state index in [9.17, 15) is 4.79 Å². The van der Waals surface area contributed by atoms with Gasteiger partial charge in [-0.2, -0.15) is 0 Å². The number of amides is 1. The summed E-state index contributed by atoms with van der Waals surface area (Å²) in [6.45, 7) is 5.14. The van der Waals surface area contributed by atoms with Gasteiger partial charge < -0.3 is 14.4 Å². The molecule has 4 nitrogen and oxygen atoms in total. The molecule has 0 spiro atoms. The van der Waals surface area contributed by atoms with E-state index in [4.69, 9.17) is 9.47 Å². The average molecular weight is 328 g/mol. The summed E-state index contributed by atoms with van der Waals surface area (Å²) in [6, 6.07) is 5.55. The predicted molar refractivity (Wildman–Crippen MR) is 76.7 cm³/mol. The number of rotatable bonds is 4. The molecule has 0 saturated carbocycles. The predicted octanol–water partition coefficient (Wildman–Crippen LogP) is 2.71. The second-order valence-electron chi connectivity index (χ2n) is 4.39. The van der Waals surface area contributed by atoms with Crippen molar-refractivity contribution in [3.63, 3.8) is 0 Å².